The summed E-state index contributed by atoms with van der Waals surface area (Å²) in [6, 6.07) is 8.12. The van der Waals surface area contributed by atoms with Gasteiger partial charge in [0.2, 0.25) is 0 Å². The molecule has 3 aromatic rings. The Kier molecular flexibility index (Phi) is 6.84. The van der Waals surface area contributed by atoms with Gasteiger partial charge >= 0.3 is 0 Å². The average Bonchev–Trinajstić information content (AvgIpc) is 3.18. The minimum atomic E-state index is 0. The Bertz CT molecular complexity index is 924. The molecule has 1 unspecified atom stereocenters. The summed E-state index contributed by atoms with van der Waals surface area (Å²) in [5.74, 6) is 2.14. The molecule has 4 rings (SSSR count). The molecule has 8 heteroatoms. The number of aryl methyl sites for hydroxylation is 2. The highest BCUT2D eigenvalue weighted by atomic mass is 35.5. The van der Waals surface area contributed by atoms with Gasteiger partial charge in [-0.25, -0.2) is 0 Å². The van der Waals surface area contributed by atoms with Crippen LogP contribution < -0.4 is 10.1 Å². The number of aromatic nitrogens is 3. The molecule has 0 radical (unpaired) electrons. The second kappa shape index (κ2) is 9.35. The van der Waals surface area contributed by atoms with Crippen LogP contribution in [0.1, 0.15) is 28.6 Å². The molecule has 1 atom stereocenters. The molecule has 1 saturated heterocycles. The Morgan fingerprint density at radius 1 is 1.28 bits per heavy atom. The van der Waals surface area contributed by atoms with Crippen LogP contribution in [0.4, 0.5) is 0 Å². The van der Waals surface area contributed by atoms with Crippen molar-refractivity contribution in [1.82, 2.24) is 25.3 Å². The lowest BCUT2D eigenvalue weighted by molar-refractivity contribution is 0.190. The number of piperazine rings is 1. The Morgan fingerprint density at radius 2 is 2.07 bits per heavy atom. The van der Waals surface area contributed by atoms with Crippen molar-refractivity contribution in [3.05, 3.63) is 59.2 Å². The molecule has 0 spiro atoms. The van der Waals surface area contributed by atoms with Crippen molar-refractivity contribution < 1.29 is 9.26 Å². The van der Waals surface area contributed by atoms with Crippen LogP contribution in [0.15, 0.2) is 41.2 Å². The highest BCUT2D eigenvalue weighted by molar-refractivity contribution is 5.85. The predicted octanol–water partition coefficient (Wildman–Crippen LogP) is 3.33. The van der Waals surface area contributed by atoms with Crippen LogP contribution in [0, 0.1) is 13.8 Å². The van der Waals surface area contributed by atoms with Crippen molar-refractivity contribution in [1.29, 1.82) is 0 Å². The lowest BCUT2D eigenvalue weighted by Crippen LogP contribution is -2.44. The van der Waals surface area contributed by atoms with E-state index >= 15 is 0 Å². The van der Waals surface area contributed by atoms with Crippen molar-refractivity contribution >= 4 is 12.4 Å². The normalized spacial score (nSPS) is 17.0. The molecule has 0 saturated carbocycles. The van der Waals surface area contributed by atoms with E-state index < -0.39 is 0 Å². The summed E-state index contributed by atoms with van der Waals surface area (Å²) in [6.45, 7) is 7.33. The van der Waals surface area contributed by atoms with Crippen molar-refractivity contribution in [3.8, 4) is 17.2 Å². The largest absolute Gasteiger partial charge is 0.488 e. The number of nitrogens with zero attached hydrogens (tertiary/aromatic N) is 4. The van der Waals surface area contributed by atoms with Gasteiger partial charge in [0, 0.05) is 43.2 Å². The van der Waals surface area contributed by atoms with E-state index in [4.69, 9.17) is 9.26 Å². The zero-order chi connectivity index (χ0) is 19.5. The monoisotopic (exact) mass is 415 g/mol. The lowest BCUT2D eigenvalue weighted by atomic mass is 10.1. The molecule has 1 aliphatic heterocycles. The molecular formula is C21H26ClN5O2. The molecule has 1 aromatic carbocycles. The van der Waals surface area contributed by atoms with Crippen LogP contribution in [0.25, 0.3) is 11.5 Å². The van der Waals surface area contributed by atoms with Crippen molar-refractivity contribution in [3.63, 3.8) is 0 Å². The number of hydrogen-bond donors (Lipinski definition) is 1. The second-order valence-electron chi connectivity index (χ2n) is 7.25. The molecular weight excluding hydrogens is 390 g/mol. The fraction of sp³-hybridized carbons (Fsp3) is 0.381. The number of likely N-dealkylation sites (N-methyl/N-ethyl adjacent to an activating group) is 1. The van der Waals surface area contributed by atoms with E-state index in [-0.39, 0.29) is 18.4 Å². The molecule has 0 aliphatic carbocycles. The number of benzene rings is 1. The maximum Gasteiger partial charge on any atom is 0.258 e. The lowest BCUT2D eigenvalue weighted by Gasteiger charge is -2.30. The van der Waals surface area contributed by atoms with E-state index in [1.165, 1.54) is 0 Å². The first-order chi connectivity index (χ1) is 13.6. The van der Waals surface area contributed by atoms with Crippen molar-refractivity contribution in [2.45, 2.75) is 26.5 Å². The minimum Gasteiger partial charge on any atom is -0.488 e. The van der Waals surface area contributed by atoms with Crippen LogP contribution in [0.3, 0.4) is 0 Å². The smallest absolute Gasteiger partial charge is 0.258 e. The van der Waals surface area contributed by atoms with Gasteiger partial charge in [0.1, 0.15) is 12.4 Å². The average molecular weight is 416 g/mol. The first-order valence-corrected chi connectivity index (χ1v) is 9.49. The topological polar surface area (TPSA) is 76.3 Å². The van der Waals surface area contributed by atoms with E-state index in [0.717, 1.165) is 53.5 Å². The fourth-order valence-corrected chi connectivity index (χ4v) is 3.52. The number of pyridine rings is 1. The fourth-order valence-electron chi connectivity index (χ4n) is 3.52. The number of rotatable bonds is 5. The van der Waals surface area contributed by atoms with Gasteiger partial charge in [-0.1, -0.05) is 11.2 Å². The standard InChI is InChI=1S/C21H25N5O2.ClH/c1-14-9-17(10-15(2)19(14)27-13-16-5-4-6-22-11-16)21-24-20(25-28-21)18-12-23-7-8-26(18)3;/h4-6,9-11,18,23H,7-8,12-13H2,1-3H3;1H. The first kappa shape index (κ1) is 21.2. The summed E-state index contributed by atoms with van der Waals surface area (Å²) in [5.41, 5.74) is 4.02. The zero-order valence-electron chi connectivity index (χ0n) is 16.9. The summed E-state index contributed by atoms with van der Waals surface area (Å²) in [7, 11) is 2.09. The van der Waals surface area contributed by atoms with Gasteiger partial charge in [-0.05, 0) is 50.2 Å². The molecule has 2 aromatic heterocycles. The Labute approximate surface area is 176 Å². The van der Waals surface area contributed by atoms with Gasteiger partial charge in [0.25, 0.3) is 5.89 Å². The Morgan fingerprint density at radius 3 is 2.76 bits per heavy atom. The molecule has 1 fully saturated rings. The molecule has 154 valence electrons. The van der Waals surface area contributed by atoms with E-state index in [0.29, 0.717) is 12.5 Å². The second-order valence-corrected chi connectivity index (χ2v) is 7.25. The number of hydrogen-bond acceptors (Lipinski definition) is 7. The molecule has 1 N–H and O–H groups in total. The van der Waals surface area contributed by atoms with Gasteiger partial charge in [0.15, 0.2) is 5.82 Å². The van der Waals surface area contributed by atoms with Crippen LogP contribution in [0.5, 0.6) is 5.75 Å². The van der Waals surface area contributed by atoms with Crippen molar-refractivity contribution in [2.75, 3.05) is 26.7 Å². The summed E-state index contributed by atoms with van der Waals surface area (Å²) in [5, 5.41) is 7.60. The van der Waals surface area contributed by atoms with Gasteiger partial charge in [-0.15, -0.1) is 12.4 Å². The van der Waals surface area contributed by atoms with Gasteiger partial charge in [-0.3, -0.25) is 9.88 Å². The van der Waals surface area contributed by atoms with Gasteiger partial charge < -0.3 is 14.6 Å². The van der Waals surface area contributed by atoms with Crippen LogP contribution in [0.2, 0.25) is 0 Å². The molecule has 3 heterocycles. The Balaban J connectivity index is 0.00000240. The Hall–Kier alpha value is -2.48. The molecule has 1 aliphatic rings. The third kappa shape index (κ3) is 4.75. The third-order valence-electron chi connectivity index (χ3n) is 5.06. The summed E-state index contributed by atoms with van der Waals surface area (Å²) in [4.78, 5) is 11.0. The maximum atomic E-state index is 6.04. The predicted molar refractivity (Wildman–Crippen MR) is 113 cm³/mol. The van der Waals surface area contributed by atoms with Crippen molar-refractivity contribution in [2.24, 2.45) is 0 Å². The summed E-state index contributed by atoms with van der Waals surface area (Å²) in [6.07, 6.45) is 3.57. The molecule has 7 nitrogen and oxygen atoms in total. The maximum absolute atomic E-state index is 6.04. The molecule has 0 bridgehead atoms. The van der Waals surface area contributed by atoms with E-state index in [2.05, 4.69) is 32.4 Å². The third-order valence-corrected chi connectivity index (χ3v) is 5.06. The summed E-state index contributed by atoms with van der Waals surface area (Å²) < 4.78 is 11.6. The molecule has 29 heavy (non-hydrogen) atoms. The highest BCUT2D eigenvalue weighted by Crippen LogP contribution is 2.31. The number of halogens is 1. The van der Waals surface area contributed by atoms with E-state index in [1.807, 2.05) is 44.3 Å². The van der Waals surface area contributed by atoms with Crippen LogP contribution in [-0.2, 0) is 6.61 Å². The quantitative estimate of drug-likeness (QED) is 0.684. The number of ether oxygens (including phenoxy) is 1. The van der Waals surface area contributed by atoms with E-state index in [1.54, 1.807) is 6.20 Å². The van der Waals surface area contributed by atoms with Gasteiger partial charge in [0.05, 0.1) is 6.04 Å². The number of nitrogens with one attached hydrogen (secondary N) is 1. The minimum absolute atomic E-state index is 0. The van der Waals surface area contributed by atoms with Gasteiger partial charge in [-0.2, -0.15) is 4.98 Å². The SMILES string of the molecule is Cc1cc(-c2nc(C3CNCCN3C)no2)cc(C)c1OCc1cccnc1.Cl. The summed E-state index contributed by atoms with van der Waals surface area (Å²) >= 11 is 0. The van der Waals surface area contributed by atoms with Crippen LogP contribution >= 0.6 is 12.4 Å². The first-order valence-electron chi connectivity index (χ1n) is 9.49. The highest BCUT2D eigenvalue weighted by Gasteiger charge is 2.25. The molecule has 0 amide bonds. The van der Waals surface area contributed by atoms with E-state index in [9.17, 15) is 0 Å². The van der Waals surface area contributed by atoms with Crippen LogP contribution in [-0.4, -0.2) is 46.7 Å². The zero-order valence-corrected chi connectivity index (χ0v) is 17.7.